The van der Waals surface area contributed by atoms with Crippen molar-refractivity contribution in [2.24, 2.45) is 5.41 Å². The van der Waals surface area contributed by atoms with Gasteiger partial charge in [0.05, 0.1) is 18.1 Å². The number of urea groups is 1. The van der Waals surface area contributed by atoms with E-state index >= 15 is 0 Å². The normalized spacial score (nSPS) is 14.7. The number of amides is 4. The largest absolute Gasteiger partial charge is 0.355 e. The van der Waals surface area contributed by atoms with Crippen molar-refractivity contribution in [1.82, 2.24) is 26.2 Å². The number of rotatable bonds is 12. The molecule has 0 bridgehead atoms. The number of aldehydes is 1. The summed E-state index contributed by atoms with van der Waals surface area (Å²) in [6.45, 7) is 20.4. The van der Waals surface area contributed by atoms with Crippen molar-refractivity contribution in [3.63, 3.8) is 0 Å². The number of likely N-dealkylation sites (tertiary alicyclic amines) is 1. The van der Waals surface area contributed by atoms with Gasteiger partial charge in [-0.1, -0.05) is 67.4 Å². The van der Waals surface area contributed by atoms with E-state index in [4.69, 9.17) is 6.42 Å². The predicted octanol–water partition coefficient (Wildman–Crippen LogP) is 4.24. The summed E-state index contributed by atoms with van der Waals surface area (Å²) in [5.74, 6) is 2.51. The fourth-order valence-electron chi connectivity index (χ4n) is 3.09. The van der Waals surface area contributed by atoms with Crippen LogP contribution < -0.4 is 21.3 Å². The molecule has 3 atom stereocenters. The zero-order valence-corrected chi connectivity index (χ0v) is 28.1. The number of carbonyl (C=O) groups is 5. The minimum absolute atomic E-state index is 0.000946. The van der Waals surface area contributed by atoms with E-state index in [2.05, 4.69) is 47.6 Å². The van der Waals surface area contributed by atoms with Gasteiger partial charge >= 0.3 is 6.03 Å². The van der Waals surface area contributed by atoms with Crippen molar-refractivity contribution in [3.8, 4) is 12.3 Å². The van der Waals surface area contributed by atoms with Crippen LogP contribution in [-0.4, -0.2) is 80.6 Å². The van der Waals surface area contributed by atoms with Crippen LogP contribution in [0.5, 0.6) is 0 Å². The Hall–Kier alpha value is -3.19. The molecule has 42 heavy (non-hydrogen) atoms. The maximum Gasteiger partial charge on any atom is 0.315 e. The smallest absolute Gasteiger partial charge is 0.315 e. The highest BCUT2D eigenvalue weighted by Crippen LogP contribution is 2.17. The second-order valence-corrected chi connectivity index (χ2v) is 10.4. The first kappa shape index (κ1) is 45.8. The van der Waals surface area contributed by atoms with Gasteiger partial charge in [0.2, 0.25) is 12.3 Å². The number of ketones is 1. The van der Waals surface area contributed by atoms with Gasteiger partial charge in [0.1, 0.15) is 6.29 Å². The first-order valence-corrected chi connectivity index (χ1v) is 15.0. The quantitative estimate of drug-likeness (QED) is 0.115. The number of nitrogens with one attached hydrogen (secondary N) is 4. The second kappa shape index (κ2) is 30.8. The first-order chi connectivity index (χ1) is 19.8. The summed E-state index contributed by atoms with van der Waals surface area (Å²) in [4.78, 5) is 56.4. The fourth-order valence-corrected chi connectivity index (χ4v) is 3.09. The van der Waals surface area contributed by atoms with Gasteiger partial charge in [-0.15, -0.1) is 18.9 Å². The Bertz CT molecular complexity index is 764. The second-order valence-electron chi connectivity index (χ2n) is 10.4. The van der Waals surface area contributed by atoms with Crippen LogP contribution in [0.2, 0.25) is 0 Å². The minimum Gasteiger partial charge on any atom is -0.355 e. The van der Waals surface area contributed by atoms with Crippen molar-refractivity contribution in [2.45, 2.75) is 118 Å². The van der Waals surface area contributed by atoms with Gasteiger partial charge in [0.15, 0.2) is 5.78 Å². The van der Waals surface area contributed by atoms with Crippen molar-refractivity contribution in [1.29, 1.82) is 0 Å². The molecule has 0 aromatic rings. The van der Waals surface area contributed by atoms with Gasteiger partial charge < -0.3 is 26.1 Å². The number of unbranched alkanes of at least 4 members (excludes halogenated alkanes) is 2. The zero-order chi connectivity index (χ0) is 33.6. The van der Waals surface area contributed by atoms with Crippen molar-refractivity contribution in [2.75, 3.05) is 27.2 Å². The Morgan fingerprint density at radius 3 is 2.00 bits per heavy atom. The molecule has 3 unspecified atom stereocenters. The predicted molar refractivity (Wildman–Crippen MR) is 174 cm³/mol. The van der Waals surface area contributed by atoms with Crippen LogP contribution in [-0.2, 0) is 19.2 Å². The molecule has 0 radical (unpaired) electrons. The molecular formula is C32H61N5O5. The first-order valence-electron chi connectivity index (χ1n) is 15.0. The van der Waals surface area contributed by atoms with Crippen LogP contribution in [0.15, 0.2) is 12.7 Å². The Morgan fingerprint density at radius 2 is 1.69 bits per heavy atom. The Morgan fingerprint density at radius 1 is 1.12 bits per heavy atom. The lowest BCUT2D eigenvalue weighted by atomic mass is 9.88. The molecule has 0 aliphatic carbocycles. The lowest BCUT2D eigenvalue weighted by Gasteiger charge is -2.26. The SMILES string of the molecule is C#CCCCC(NC(=O)C1CCCN1C)C(C)=O.C=CCNC=O.CC.CCCC.CNC(=O)NC(C=O)C(C)(C)C. The molecule has 4 N–H and O–H groups in total. The van der Waals surface area contributed by atoms with E-state index in [0.717, 1.165) is 32.1 Å². The van der Waals surface area contributed by atoms with E-state index in [1.165, 1.54) is 26.8 Å². The molecule has 10 heteroatoms. The standard InChI is InChI=1S/C14H22N2O2.C8H16N2O2.C4H7NO.C4H10.C2H6/c1-4-5-6-8-12(11(2)17)15-14(18)13-9-7-10-16(13)3;1-8(2,3)6(5-11)10-7(12)9-4;1-2-3-5-4-6;1-3-4-2;1-2/h1,12-13H,5-10H2,2-3H3,(H,15,18);5-6H,1-4H3,(H2,9,10,12);2,4H,1,3H2,(H,5,6);3-4H2,1-2H3;1-2H3. The number of hydrogen-bond donors (Lipinski definition) is 4. The number of nitrogens with zero attached hydrogens (tertiary/aromatic N) is 1. The van der Waals surface area contributed by atoms with Gasteiger partial charge in [0.25, 0.3) is 0 Å². The highest BCUT2D eigenvalue weighted by molar-refractivity contribution is 5.89. The molecule has 0 spiro atoms. The Kier molecular flexibility index (Phi) is 33.5. The summed E-state index contributed by atoms with van der Waals surface area (Å²) in [7, 11) is 3.46. The number of Topliss-reactive ketones (excluding diaryl/α,β-unsaturated/α-hetero) is 1. The molecular weight excluding hydrogens is 534 g/mol. The molecule has 0 aromatic heterocycles. The van der Waals surface area contributed by atoms with Gasteiger partial charge in [-0.05, 0) is 51.6 Å². The minimum atomic E-state index is -0.447. The van der Waals surface area contributed by atoms with E-state index in [9.17, 15) is 24.0 Å². The van der Waals surface area contributed by atoms with Crippen LogP contribution in [0.4, 0.5) is 4.79 Å². The van der Waals surface area contributed by atoms with Crippen molar-refractivity contribution >= 4 is 30.4 Å². The summed E-state index contributed by atoms with van der Waals surface area (Å²) in [6.07, 6.45) is 14.8. The molecule has 0 saturated carbocycles. The van der Waals surface area contributed by atoms with Gasteiger partial charge in [-0.25, -0.2) is 4.79 Å². The third-order valence-corrected chi connectivity index (χ3v) is 5.87. The average molecular weight is 596 g/mol. The third kappa shape index (κ3) is 27.0. The fraction of sp³-hybridized carbons (Fsp3) is 0.719. The Balaban J connectivity index is -0.000000258. The molecule has 1 aliphatic rings. The summed E-state index contributed by atoms with van der Waals surface area (Å²) >= 11 is 0. The molecule has 1 rings (SSSR count). The molecule has 1 heterocycles. The molecule has 1 saturated heterocycles. The third-order valence-electron chi connectivity index (χ3n) is 5.87. The maximum absolute atomic E-state index is 12.1. The van der Waals surface area contributed by atoms with Crippen LogP contribution in [0, 0.1) is 17.8 Å². The van der Waals surface area contributed by atoms with Crippen LogP contribution in [0.1, 0.15) is 100 Å². The summed E-state index contributed by atoms with van der Waals surface area (Å²) in [6, 6.07) is -1.25. The number of hydrogen-bond acceptors (Lipinski definition) is 6. The van der Waals surface area contributed by atoms with Gasteiger partial charge in [0, 0.05) is 20.0 Å². The summed E-state index contributed by atoms with van der Waals surface area (Å²) in [5.41, 5.74) is -0.242. The Labute approximate surface area is 256 Å². The molecule has 0 aromatic carbocycles. The molecule has 10 nitrogen and oxygen atoms in total. The topological polar surface area (TPSA) is 137 Å². The van der Waals surface area contributed by atoms with Gasteiger partial charge in [-0.3, -0.25) is 19.3 Å². The van der Waals surface area contributed by atoms with Crippen LogP contribution in [0.25, 0.3) is 0 Å². The summed E-state index contributed by atoms with van der Waals surface area (Å²) in [5, 5.41) is 10.2. The van der Waals surface area contributed by atoms with Crippen molar-refractivity contribution in [3.05, 3.63) is 12.7 Å². The van der Waals surface area contributed by atoms with E-state index in [0.29, 0.717) is 25.8 Å². The summed E-state index contributed by atoms with van der Waals surface area (Å²) < 4.78 is 0. The maximum atomic E-state index is 12.1. The van der Waals surface area contributed by atoms with Crippen molar-refractivity contribution < 1.29 is 24.0 Å². The molecule has 4 amide bonds. The lowest BCUT2D eigenvalue weighted by molar-refractivity contribution is -0.129. The van der Waals surface area contributed by atoms with Crippen LogP contribution >= 0.6 is 0 Å². The van der Waals surface area contributed by atoms with E-state index in [-0.39, 0.29) is 35.2 Å². The average Bonchev–Trinajstić information content (AvgIpc) is 3.41. The van der Waals surface area contributed by atoms with E-state index in [1.807, 2.05) is 46.6 Å². The van der Waals surface area contributed by atoms with E-state index < -0.39 is 6.04 Å². The highest BCUT2D eigenvalue weighted by Gasteiger charge is 2.29. The number of terminal acetylenes is 1. The zero-order valence-electron chi connectivity index (χ0n) is 28.1. The number of likely N-dealkylation sites (N-methyl/N-ethyl adjacent to an activating group) is 1. The van der Waals surface area contributed by atoms with Crippen LogP contribution in [0.3, 0.4) is 0 Å². The monoisotopic (exact) mass is 595 g/mol. The number of carbonyl (C=O) groups excluding carboxylic acids is 5. The highest BCUT2D eigenvalue weighted by atomic mass is 16.2. The van der Waals surface area contributed by atoms with E-state index in [1.54, 1.807) is 6.08 Å². The van der Waals surface area contributed by atoms with Gasteiger partial charge in [-0.2, -0.15) is 0 Å². The molecule has 244 valence electrons. The lowest BCUT2D eigenvalue weighted by Crippen LogP contribution is -2.48. The molecule has 1 fully saturated rings. The molecule has 1 aliphatic heterocycles.